The summed E-state index contributed by atoms with van der Waals surface area (Å²) in [5.74, 6) is 1.40. The van der Waals surface area contributed by atoms with Gasteiger partial charge in [0.2, 0.25) is 11.7 Å². The summed E-state index contributed by atoms with van der Waals surface area (Å²) in [4.78, 5) is 18.2. The summed E-state index contributed by atoms with van der Waals surface area (Å²) in [6.45, 7) is 1.64. The first kappa shape index (κ1) is 17.9. The SMILES string of the molecule is Cc1nc(-c2ccc(OCC(=O)N(C)C3(C#N)CCCCC3)cc2)no1. The Morgan fingerprint density at radius 1 is 1.31 bits per heavy atom. The van der Waals surface area contributed by atoms with E-state index in [1.54, 1.807) is 31.0 Å². The van der Waals surface area contributed by atoms with E-state index in [9.17, 15) is 10.1 Å². The van der Waals surface area contributed by atoms with Gasteiger partial charge in [-0.3, -0.25) is 4.79 Å². The molecule has 1 saturated carbocycles. The topological polar surface area (TPSA) is 92.2 Å². The van der Waals surface area contributed by atoms with Crippen LogP contribution >= 0.6 is 0 Å². The third-order valence-electron chi connectivity index (χ3n) is 4.91. The summed E-state index contributed by atoms with van der Waals surface area (Å²) in [5, 5.41) is 13.4. The van der Waals surface area contributed by atoms with Crippen LogP contribution in [0.4, 0.5) is 0 Å². The van der Waals surface area contributed by atoms with Gasteiger partial charge in [0, 0.05) is 19.5 Å². The molecule has 1 aromatic heterocycles. The van der Waals surface area contributed by atoms with Crippen molar-refractivity contribution in [2.45, 2.75) is 44.6 Å². The van der Waals surface area contributed by atoms with Gasteiger partial charge in [-0.05, 0) is 37.1 Å². The molecule has 0 atom stereocenters. The third kappa shape index (κ3) is 3.69. The van der Waals surface area contributed by atoms with Crippen molar-refractivity contribution in [3.8, 4) is 23.2 Å². The minimum Gasteiger partial charge on any atom is -0.484 e. The van der Waals surface area contributed by atoms with Crippen molar-refractivity contribution < 1.29 is 14.1 Å². The Kier molecular flexibility index (Phi) is 5.21. The van der Waals surface area contributed by atoms with Crippen molar-refractivity contribution in [2.75, 3.05) is 13.7 Å². The molecule has 3 rings (SSSR count). The fraction of sp³-hybridized carbons (Fsp3) is 0.474. The summed E-state index contributed by atoms with van der Waals surface area (Å²) in [7, 11) is 1.70. The van der Waals surface area contributed by atoms with E-state index in [4.69, 9.17) is 9.26 Å². The fourth-order valence-electron chi connectivity index (χ4n) is 3.26. The zero-order valence-electron chi connectivity index (χ0n) is 15.1. The van der Waals surface area contributed by atoms with Crippen LogP contribution in [0.3, 0.4) is 0 Å². The van der Waals surface area contributed by atoms with Crippen molar-refractivity contribution in [2.24, 2.45) is 0 Å². The molecular weight excluding hydrogens is 332 g/mol. The van der Waals surface area contributed by atoms with Gasteiger partial charge in [0.1, 0.15) is 11.3 Å². The minimum atomic E-state index is -0.695. The highest BCUT2D eigenvalue weighted by Crippen LogP contribution is 2.32. The fourth-order valence-corrected chi connectivity index (χ4v) is 3.26. The van der Waals surface area contributed by atoms with E-state index in [-0.39, 0.29) is 12.5 Å². The first-order chi connectivity index (χ1) is 12.5. The molecule has 0 radical (unpaired) electrons. The van der Waals surface area contributed by atoms with Crippen LogP contribution in [0.25, 0.3) is 11.4 Å². The zero-order chi connectivity index (χ0) is 18.6. The second kappa shape index (κ2) is 7.56. The Hall–Kier alpha value is -2.88. The molecule has 7 nitrogen and oxygen atoms in total. The molecule has 1 fully saturated rings. The quantitative estimate of drug-likeness (QED) is 0.819. The summed E-state index contributed by atoms with van der Waals surface area (Å²) < 4.78 is 10.6. The Morgan fingerprint density at radius 2 is 2.00 bits per heavy atom. The molecule has 0 unspecified atom stereocenters. The van der Waals surface area contributed by atoms with E-state index in [1.807, 2.05) is 12.1 Å². The van der Waals surface area contributed by atoms with Gasteiger partial charge in [-0.2, -0.15) is 10.2 Å². The number of benzene rings is 1. The molecule has 26 heavy (non-hydrogen) atoms. The average Bonchev–Trinajstić information content (AvgIpc) is 3.12. The summed E-state index contributed by atoms with van der Waals surface area (Å²) in [5.41, 5.74) is 0.113. The number of aryl methyl sites for hydroxylation is 1. The van der Waals surface area contributed by atoms with E-state index >= 15 is 0 Å². The van der Waals surface area contributed by atoms with Crippen LogP contribution in [0.15, 0.2) is 28.8 Å². The van der Waals surface area contributed by atoms with Crippen LogP contribution < -0.4 is 4.74 Å². The zero-order valence-corrected chi connectivity index (χ0v) is 15.1. The monoisotopic (exact) mass is 354 g/mol. The number of nitriles is 1. The molecule has 1 aromatic carbocycles. The van der Waals surface area contributed by atoms with Crippen LogP contribution in [0, 0.1) is 18.3 Å². The second-order valence-electron chi connectivity index (χ2n) is 6.61. The predicted octanol–water partition coefficient (Wildman–Crippen LogP) is 3.11. The van der Waals surface area contributed by atoms with Crippen LogP contribution in [-0.4, -0.2) is 40.1 Å². The molecule has 1 heterocycles. The van der Waals surface area contributed by atoms with Gasteiger partial charge in [-0.15, -0.1) is 0 Å². The lowest BCUT2D eigenvalue weighted by atomic mass is 9.81. The van der Waals surface area contributed by atoms with Crippen molar-refractivity contribution in [1.29, 1.82) is 5.26 Å². The highest BCUT2D eigenvalue weighted by Gasteiger charge is 2.38. The number of hydrogen-bond acceptors (Lipinski definition) is 6. The van der Waals surface area contributed by atoms with Crippen LogP contribution in [0.5, 0.6) is 5.75 Å². The van der Waals surface area contributed by atoms with Crippen molar-refractivity contribution >= 4 is 5.91 Å². The smallest absolute Gasteiger partial charge is 0.261 e. The molecule has 0 aliphatic heterocycles. The van der Waals surface area contributed by atoms with Crippen molar-refractivity contribution in [1.82, 2.24) is 15.0 Å². The molecule has 7 heteroatoms. The number of rotatable bonds is 5. The first-order valence-electron chi connectivity index (χ1n) is 8.75. The first-order valence-corrected chi connectivity index (χ1v) is 8.75. The highest BCUT2D eigenvalue weighted by molar-refractivity contribution is 5.79. The van der Waals surface area contributed by atoms with Gasteiger partial charge in [0.15, 0.2) is 6.61 Å². The Morgan fingerprint density at radius 3 is 2.58 bits per heavy atom. The standard InChI is InChI=1S/C19H22N4O3/c1-14-21-18(22-26-14)15-6-8-16(9-7-15)25-12-17(24)23(2)19(13-20)10-4-3-5-11-19/h6-9H,3-5,10-12H2,1-2H3. The number of likely N-dealkylation sites (N-methyl/N-ethyl adjacent to an activating group) is 1. The number of ether oxygens (including phenoxy) is 1. The van der Waals surface area contributed by atoms with Gasteiger partial charge in [0.05, 0.1) is 6.07 Å². The lowest BCUT2D eigenvalue weighted by molar-refractivity contribution is -0.137. The van der Waals surface area contributed by atoms with Gasteiger partial charge in [-0.25, -0.2) is 0 Å². The molecule has 2 aromatic rings. The van der Waals surface area contributed by atoms with Crippen LogP contribution in [0.1, 0.15) is 38.0 Å². The average molecular weight is 354 g/mol. The number of aromatic nitrogens is 2. The molecule has 1 amide bonds. The lowest BCUT2D eigenvalue weighted by Gasteiger charge is -2.38. The number of nitrogens with zero attached hydrogens (tertiary/aromatic N) is 4. The van der Waals surface area contributed by atoms with E-state index in [0.717, 1.165) is 37.7 Å². The molecular formula is C19H22N4O3. The number of amides is 1. The third-order valence-corrected chi connectivity index (χ3v) is 4.91. The Balaban J connectivity index is 1.59. The summed E-state index contributed by atoms with van der Waals surface area (Å²) in [6, 6.07) is 9.49. The lowest BCUT2D eigenvalue weighted by Crippen LogP contribution is -2.51. The Labute approximate surface area is 152 Å². The van der Waals surface area contributed by atoms with Gasteiger partial charge in [-0.1, -0.05) is 24.4 Å². The minimum absolute atomic E-state index is 0.0966. The molecule has 136 valence electrons. The van der Waals surface area contributed by atoms with Crippen molar-refractivity contribution in [3.05, 3.63) is 30.2 Å². The Bertz CT molecular complexity index is 801. The van der Waals surface area contributed by atoms with E-state index in [1.165, 1.54) is 0 Å². The van der Waals surface area contributed by atoms with Crippen molar-refractivity contribution in [3.63, 3.8) is 0 Å². The maximum absolute atomic E-state index is 12.5. The largest absolute Gasteiger partial charge is 0.484 e. The predicted molar refractivity (Wildman–Crippen MR) is 94.2 cm³/mol. The van der Waals surface area contributed by atoms with E-state index < -0.39 is 5.54 Å². The highest BCUT2D eigenvalue weighted by atomic mass is 16.5. The van der Waals surface area contributed by atoms with E-state index in [0.29, 0.717) is 17.5 Å². The normalized spacial score (nSPS) is 15.9. The molecule has 0 bridgehead atoms. The van der Waals surface area contributed by atoms with Crippen LogP contribution in [-0.2, 0) is 4.79 Å². The molecule has 1 aliphatic rings. The molecule has 0 N–H and O–H groups in total. The summed E-state index contributed by atoms with van der Waals surface area (Å²) >= 11 is 0. The molecule has 1 aliphatic carbocycles. The second-order valence-corrected chi connectivity index (χ2v) is 6.61. The van der Waals surface area contributed by atoms with Crippen LogP contribution in [0.2, 0.25) is 0 Å². The maximum atomic E-state index is 12.5. The van der Waals surface area contributed by atoms with Gasteiger partial charge in [0.25, 0.3) is 5.91 Å². The molecule has 0 saturated heterocycles. The van der Waals surface area contributed by atoms with E-state index in [2.05, 4.69) is 16.2 Å². The number of carbonyl (C=O) groups is 1. The van der Waals surface area contributed by atoms with Gasteiger partial charge < -0.3 is 14.2 Å². The number of hydrogen-bond donors (Lipinski definition) is 0. The van der Waals surface area contributed by atoms with Gasteiger partial charge >= 0.3 is 0 Å². The maximum Gasteiger partial charge on any atom is 0.261 e. The molecule has 0 spiro atoms. The summed E-state index contributed by atoms with van der Waals surface area (Å²) in [6.07, 6.45) is 4.52. The number of carbonyl (C=O) groups excluding carboxylic acids is 1.